The molecule has 0 bridgehead atoms. The third kappa shape index (κ3) is 3.43. The fourth-order valence-corrected chi connectivity index (χ4v) is 2.74. The number of carbonyl (C=O) groups is 1. The predicted molar refractivity (Wildman–Crippen MR) is 94.5 cm³/mol. The van der Waals surface area contributed by atoms with E-state index in [1.807, 2.05) is 6.07 Å². The van der Waals surface area contributed by atoms with Crippen LogP contribution in [0.15, 0.2) is 57.9 Å². The van der Waals surface area contributed by atoms with Crippen LogP contribution in [0.2, 0.25) is 0 Å². The topological polar surface area (TPSA) is 90.7 Å². The van der Waals surface area contributed by atoms with Crippen molar-refractivity contribution in [1.82, 2.24) is 4.98 Å². The van der Waals surface area contributed by atoms with Crippen molar-refractivity contribution in [3.8, 4) is 5.88 Å². The summed E-state index contributed by atoms with van der Waals surface area (Å²) >= 11 is 0. The minimum Gasteiger partial charge on any atom is -0.472 e. The Hall–Kier alpha value is -3.19. The first kappa shape index (κ1) is 16.3. The van der Waals surface area contributed by atoms with Gasteiger partial charge in [0.05, 0.1) is 13.2 Å². The lowest BCUT2D eigenvalue weighted by molar-refractivity contribution is 0.102. The summed E-state index contributed by atoms with van der Waals surface area (Å²) in [5, 5.41) is 3.31. The Morgan fingerprint density at radius 3 is 2.96 bits per heavy atom. The number of hydrogen-bond acceptors (Lipinski definition) is 6. The van der Waals surface area contributed by atoms with E-state index in [2.05, 4.69) is 10.3 Å². The summed E-state index contributed by atoms with van der Waals surface area (Å²) in [6, 6.07) is 11.8. The summed E-state index contributed by atoms with van der Waals surface area (Å²) in [6.07, 6.45) is 2.22. The average Bonchev–Trinajstić information content (AvgIpc) is 3.15. The van der Waals surface area contributed by atoms with E-state index >= 15 is 0 Å². The molecule has 0 aliphatic carbocycles. The lowest BCUT2D eigenvalue weighted by Gasteiger charge is -2.11. The second-order valence-electron chi connectivity index (χ2n) is 5.93. The second-order valence-corrected chi connectivity index (χ2v) is 5.93. The van der Waals surface area contributed by atoms with E-state index < -0.39 is 11.5 Å². The molecule has 1 atom stereocenters. The number of para-hydroxylation sites is 1. The van der Waals surface area contributed by atoms with Crippen LogP contribution >= 0.6 is 0 Å². The minimum atomic E-state index is -0.606. The van der Waals surface area contributed by atoms with Crippen LogP contribution in [-0.4, -0.2) is 30.2 Å². The summed E-state index contributed by atoms with van der Waals surface area (Å²) in [5.41, 5.74) is 0.276. The maximum Gasteiger partial charge on any atom is 0.360 e. The number of pyridine rings is 1. The van der Waals surface area contributed by atoms with Gasteiger partial charge in [0.25, 0.3) is 5.91 Å². The van der Waals surface area contributed by atoms with Gasteiger partial charge in [-0.2, -0.15) is 0 Å². The zero-order chi connectivity index (χ0) is 17.9. The van der Waals surface area contributed by atoms with Gasteiger partial charge in [-0.15, -0.1) is 0 Å². The Morgan fingerprint density at radius 2 is 2.12 bits per heavy atom. The van der Waals surface area contributed by atoms with Gasteiger partial charge in [-0.3, -0.25) is 4.79 Å². The Balaban J connectivity index is 1.54. The number of nitrogens with zero attached hydrogens (tertiary/aromatic N) is 1. The van der Waals surface area contributed by atoms with Gasteiger partial charge in [0, 0.05) is 29.6 Å². The van der Waals surface area contributed by atoms with E-state index in [0.717, 1.165) is 11.8 Å². The van der Waals surface area contributed by atoms with E-state index in [1.54, 1.807) is 30.3 Å². The first-order chi connectivity index (χ1) is 12.7. The molecule has 7 nitrogen and oxygen atoms in total. The van der Waals surface area contributed by atoms with Crippen molar-refractivity contribution in [2.24, 2.45) is 0 Å². The Labute approximate surface area is 148 Å². The molecule has 1 aliphatic heterocycles. The van der Waals surface area contributed by atoms with Crippen molar-refractivity contribution in [3.05, 3.63) is 64.6 Å². The highest BCUT2D eigenvalue weighted by Gasteiger charge is 2.18. The van der Waals surface area contributed by atoms with Crippen LogP contribution in [0, 0.1) is 0 Å². The SMILES string of the molecule is O=C(Nc1cc2ccccc2oc1=O)c1ccnc(OC2CCOC2)c1. The largest absolute Gasteiger partial charge is 0.472 e. The number of fused-ring (bicyclic) bond motifs is 1. The van der Waals surface area contributed by atoms with Gasteiger partial charge in [0.1, 0.15) is 17.4 Å². The molecule has 3 heterocycles. The van der Waals surface area contributed by atoms with E-state index in [0.29, 0.717) is 30.2 Å². The molecule has 1 aromatic carbocycles. The molecule has 1 unspecified atom stereocenters. The molecule has 3 aromatic rings. The molecule has 7 heteroatoms. The number of ether oxygens (including phenoxy) is 2. The molecule has 1 aliphatic rings. The Kier molecular flexibility index (Phi) is 4.37. The first-order valence-corrected chi connectivity index (χ1v) is 8.24. The highest BCUT2D eigenvalue weighted by molar-refractivity contribution is 6.04. The lowest BCUT2D eigenvalue weighted by atomic mass is 10.2. The van der Waals surface area contributed by atoms with Gasteiger partial charge in [-0.1, -0.05) is 18.2 Å². The Bertz CT molecular complexity index is 1010. The highest BCUT2D eigenvalue weighted by atomic mass is 16.5. The van der Waals surface area contributed by atoms with Crippen molar-refractivity contribution >= 4 is 22.6 Å². The second kappa shape index (κ2) is 6.97. The zero-order valence-electron chi connectivity index (χ0n) is 13.8. The van der Waals surface area contributed by atoms with Gasteiger partial charge < -0.3 is 19.2 Å². The van der Waals surface area contributed by atoms with Crippen LogP contribution in [0.25, 0.3) is 11.0 Å². The maximum absolute atomic E-state index is 12.5. The van der Waals surface area contributed by atoms with E-state index in [-0.39, 0.29) is 11.8 Å². The van der Waals surface area contributed by atoms with Crippen LogP contribution in [0.4, 0.5) is 5.69 Å². The van der Waals surface area contributed by atoms with E-state index in [1.165, 1.54) is 12.3 Å². The van der Waals surface area contributed by atoms with Crippen LogP contribution in [0.3, 0.4) is 0 Å². The van der Waals surface area contributed by atoms with Gasteiger partial charge >= 0.3 is 5.63 Å². The predicted octanol–water partition coefficient (Wildman–Crippen LogP) is 2.61. The summed E-state index contributed by atoms with van der Waals surface area (Å²) < 4.78 is 16.2. The normalized spacial score (nSPS) is 16.5. The number of aromatic nitrogens is 1. The quantitative estimate of drug-likeness (QED) is 0.726. The molecule has 2 aromatic heterocycles. The molecular formula is C19H16N2O5. The Morgan fingerprint density at radius 1 is 1.23 bits per heavy atom. The van der Waals surface area contributed by atoms with Crippen molar-refractivity contribution in [1.29, 1.82) is 0 Å². The number of benzene rings is 1. The number of hydrogen-bond donors (Lipinski definition) is 1. The molecule has 0 radical (unpaired) electrons. The third-order valence-electron chi connectivity index (χ3n) is 4.06. The van der Waals surface area contributed by atoms with Crippen molar-refractivity contribution in [3.63, 3.8) is 0 Å². The smallest absolute Gasteiger partial charge is 0.360 e. The van der Waals surface area contributed by atoms with Crippen LogP contribution in [0.1, 0.15) is 16.8 Å². The number of amides is 1. The first-order valence-electron chi connectivity index (χ1n) is 8.24. The molecular weight excluding hydrogens is 336 g/mol. The molecule has 0 spiro atoms. The number of nitrogens with one attached hydrogen (secondary N) is 1. The minimum absolute atomic E-state index is 0.0617. The van der Waals surface area contributed by atoms with Gasteiger partial charge in [-0.25, -0.2) is 9.78 Å². The van der Waals surface area contributed by atoms with Gasteiger partial charge in [-0.05, 0) is 18.2 Å². The zero-order valence-corrected chi connectivity index (χ0v) is 13.8. The third-order valence-corrected chi connectivity index (χ3v) is 4.06. The molecule has 4 rings (SSSR count). The molecule has 1 amide bonds. The standard InChI is InChI=1S/C19H16N2O5/c22-18(13-5-7-20-17(10-13)25-14-6-8-24-11-14)21-15-9-12-3-1-2-4-16(12)26-19(15)23/h1-5,7,9-10,14H,6,8,11H2,(H,21,22). The number of carbonyl (C=O) groups excluding carboxylic acids is 1. The fourth-order valence-electron chi connectivity index (χ4n) is 2.74. The highest BCUT2D eigenvalue weighted by Crippen LogP contribution is 2.18. The summed E-state index contributed by atoms with van der Waals surface area (Å²) in [5.74, 6) is -0.0961. The van der Waals surface area contributed by atoms with Gasteiger partial charge in [0.15, 0.2) is 0 Å². The van der Waals surface area contributed by atoms with Gasteiger partial charge in [0.2, 0.25) is 5.88 Å². The van der Waals surface area contributed by atoms with Crippen molar-refractivity contribution in [2.45, 2.75) is 12.5 Å². The fraction of sp³-hybridized carbons (Fsp3) is 0.211. The average molecular weight is 352 g/mol. The van der Waals surface area contributed by atoms with Crippen LogP contribution < -0.4 is 15.7 Å². The summed E-state index contributed by atoms with van der Waals surface area (Å²) in [7, 11) is 0. The van der Waals surface area contributed by atoms with E-state index in [9.17, 15) is 9.59 Å². The van der Waals surface area contributed by atoms with E-state index in [4.69, 9.17) is 13.9 Å². The number of anilines is 1. The van der Waals surface area contributed by atoms with Crippen molar-refractivity contribution in [2.75, 3.05) is 18.5 Å². The summed E-state index contributed by atoms with van der Waals surface area (Å²) in [6.45, 7) is 1.17. The lowest BCUT2D eigenvalue weighted by Crippen LogP contribution is -2.19. The number of rotatable bonds is 4. The summed E-state index contributed by atoms with van der Waals surface area (Å²) in [4.78, 5) is 28.7. The molecule has 132 valence electrons. The molecule has 1 fully saturated rings. The molecule has 1 N–H and O–H groups in total. The molecule has 0 saturated carbocycles. The van der Waals surface area contributed by atoms with Crippen molar-refractivity contribution < 1.29 is 18.7 Å². The van der Waals surface area contributed by atoms with Crippen LogP contribution in [-0.2, 0) is 4.74 Å². The maximum atomic E-state index is 12.5. The van der Waals surface area contributed by atoms with Crippen LogP contribution in [0.5, 0.6) is 5.88 Å². The molecule has 1 saturated heterocycles. The molecule has 26 heavy (non-hydrogen) atoms. The monoisotopic (exact) mass is 352 g/mol.